The van der Waals surface area contributed by atoms with Gasteiger partial charge in [0.1, 0.15) is 6.54 Å². The molecule has 2 N–H and O–H groups in total. The second-order valence-corrected chi connectivity index (χ2v) is 6.75. The van der Waals surface area contributed by atoms with Crippen molar-refractivity contribution in [2.45, 2.75) is 6.54 Å². The van der Waals surface area contributed by atoms with Gasteiger partial charge < -0.3 is 9.67 Å². The van der Waals surface area contributed by atoms with Gasteiger partial charge in [-0.2, -0.15) is 5.10 Å². The van der Waals surface area contributed by atoms with Crippen molar-refractivity contribution in [3.63, 3.8) is 0 Å². The minimum absolute atomic E-state index is 0.0889. The van der Waals surface area contributed by atoms with Crippen LogP contribution in [0.3, 0.4) is 0 Å². The smallest absolute Gasteiger partial charge is 0.311 e. The first kappa shape index (κ1) is 19.8. The maximum absolute atomic E-state index is 12.8. The molecular weight excluding hydrogens is 400 g/mol. The number of hydrogen-bond acceptors (Lipinski definition) is 6. The number of benzene rings is 3. The predicted octanol–water partition coefficient (Wildman–Crippen LogP) is 2.92. The summed E-state index contributed by atoms with van der Waals surface area (Å²) in [7, 11) is 0. The molecule has 0 atom stereocenters. The summed E-state index contributed by atoms with van der Waals surface area (Å²) in [6, 6.07) is 17.9. The summed E-state index contributed by atoms with van der Waals surface area (Å²) in [5, 5.41) is 25.3. The van der Waals surface area contributed by atoms with Gasteiger partial charge in [0.15, 0.2) is 11.2 Å². The number of nitro groups is 1. The number of carbonyl (C=O) groups is 1. The average molecular weight is 416 g/mol. The standard InChI is InChI=1S/C22H16N4O5/c27-20-10-9-14(11-19(20)26(30)31)12-23-24-21(28)13-25-17-7-3-1-5-15(17)22(29)16-6-2-4-8-18(16)25/h1-12,27H,13H2,(H,24,28)/b23-12+. The highest BCUT2D eigenvalue weighted by Gasteiger charge is 2.14. The van der Waals surface area contributed by atoms with Crippen LogP contribution < -0.4 is 10.9 Å². The van der Waals surface area contributed by atoms with E-state index < -0.39 is 22.3 Å². The van der Waals surface area contributed by atoms with E-state index in [1.54, 1.807) is 53.1 Å². The van der Waals surface area contributed by atoms with Crippen LogP contribution in [0.25, 0.3) is 21.8 Å². The molecule has 1 heterocycles. The van der Waals surface area contributed by atoms with Crippen LogP contribution in [0.2, 0.25) is 0 Å². The highest BCUT2D eigenvalue weighted by atomic mass is 16.6. The van der Waals surface area contributed by atoms with E-state index in [9.17, 15) is 24.8 Å². The van der Waals surface area contributed by atoms with Crippen molar-refractivity contribution in [3.05, 3.63) is 92.6 Å². The van der Waals surface area contributed by atoms with Crippen LogP contribution in [0.15, 0.2) is 76.6 Å². The molecule has 9 nitrogen and oxygen atoms in total. The van der Waals surface area contributed by atoms with E-state index >= 15 is 0 Å². The van der Waals surface area contributed by atoms with E-state index in [1.807, 2.05) is 0 Å². The summed E-state index contributed by atoms with van der Waals surface area (Å²) in [5.74, 6) is -0.897. The number of pyridine rings is 1. The van der Waals surface area contributed by atoms with Gasteiger partial charge in [0.2, 0.25) is 0 Å². The number of aromatic nitrogens is 1. The van der Waals surface area contributed by atoms with E-state index in [0.29, 0.717) is 27.4 Å². The number of hydrogen-bond donors (Lipinski definition) is 2. The number of aromatic hydroxyl groups is 1. The lowest BCUT2D eigenvalue weighted by atomic mass is 10.1. The zero-order valence-electron chi connectivity index (χ0n) is 16.1. The number of rotatable bonds is 5. The topological polar surface area (TPSA) is 127 Å². The Balaban J connectivity index is 1.61. The van der Waals surface area contributed by atoms with E-state index in [4.69, 9.17) is 0 Å². The molecule has 0 saturated carbocycles. The van der Waals surface area contributed by atoms with Crippen molar-refractivity contribution in [1.82, 2.24) is 9.99 Å². The second kappa shape index (κ2) is 8.07. The van der Waals surface area contributed by atoms with Crippen molar-refractivity contribution in [2.75, 3.05) is 0 Å². The van der Waals surface area contributed by atoms with Gasteiger partial charge >= 0.3 is 5.69 Å². The van der Waals surface area contributed by atoms with Crippen molar-refractivity contribution in [3.8, 4) is 5.75 Å². The van der Waals surface area contributed by atoms with E-state index in [2.05, 4.69) is 10.5 Å². The maximum atomic E-state index is 12.8. The highest BCUT2D eigenvalue weighted by molar-refractivity contribution is 5.95. The number of fused-ring (bicyclic) bond motifs is 2. The van der Waals surface area contributed by atoms with Crippen molar-refractivity contribution >= 4 is 39.6 Å². The average Bonchev–Trinajstić information content (AvgIpc) is 2.77. The molecule has 0 unspecified atom stereocenters. The lowest BCUT2D eigenvalue weighted by molar-refractivity contribution is -0.385. The van der Waals surface area contributed by atoms with Gasteiger partial charge in [-0.15, -0.1) is 0 Å². The Labute approximate surface area is 175 Å². The van der Waals surface area contributed by atoms with E-state index in [0.717, 1.165) is 6.07 Å². The summed E-state index contributed by atoms with van der Waals surface area (Å²) in [6.45, 7) is -0.0889. The molecule has 154 valence electrons. The number of hydrazone groups is 1. The fraction of sp³-hybridized carbons (Fsp3) is 0.0455. The number of carbonyl (C=O) groups excluding carboxylic acids is 1. The van der Waals surface area contributed by atoms with Crippen LogP contribution in [0.1, 0.15) is 5.56 Å². The third-order valence-corrected chi connectivity index (χ3v) is 4.78. The van der Waals surface area contributed by atoms with E-state index in [-0.39, 0.29) is 12.0 Å². The van der Waals surface area contributed by atoms with Crippen LogP contribution in [0.5, 0.6) is 5.75 Å². The van der Waals surface area contributed by atoms with Gasteiger partial charge in [0.25, 0.3) is 5.91 Å². The molecule has 4 aromatic rings. The Morgan fingerprint density at radius 1 is 1.06 bits per heavy atom. The van der Waals surface area contributed by atoms with Crippen molar-refractivity contribution in [1.29, 1.82) is 0 Å². The molecule has 4 rings (SSSR count). The number of amides is 1. The Morgan fingerprint density at radius 3 is 2.29 bits per heavy atom. The molecule has 0 spiro atoms. The normalized spacial score (nSPS) is 11.2. The van der Waals surface area contributed by atoms with Gasteiger partial charge in [-0.3, -0.25) is 19.7 Å². The second-order valence-electron chi connectivity index (χ2n) is 6.75. The third kappa shape index (κ3) is 3.84. The fourth-order valence-corrected chi connectivity index (χ4v) is 3.37. The van der Waals surface area contributed by atoms with Gasteiger partial charge in [-0.05, 0) is 36.4 Å². The van der Waals surface area contributed by atoms with Crippen molar-refractivity contribution in [2.24, 2.45) is 5.10 Å². The summed E-state index contributed by atoms with van der Waals surface area (Å²) in [4.78, 5) is 35.5. The third-order valence-electron chi connectivity index (χ3n) is 4.78. The number of phenols is 1. The quantitative estimate of drug-likeness (QED) is 0.224. The number of nitro benzene ring substituents is 1. The number of phenolic OH excluding ortho intramolecular Hbond substituents is 1. The maximum Gasteiger partial charge on any atom is 0.311 e. The zero-order valence-corrected chi connectivity index (χ0v) is 16.1. The van der Waals surface area contributed by atoms with Crippen LogP contribution in [0, 0.1) is 10.1 Å². The van der Waals surface area contributed by atoms with Crippen LogP contribution in [-0.2, 0) is 11.3 Å². The largest absolute Gasteiger partial charge is 0.502 e. The first-order chi connectivity index (χ1) is 15.0. The van der Waals surface area contributed by atoms with Crippen LogP contribution >= 0.6 is 0 Å². The van der Waals surface area contributed by atoms with Crippen LogP contribution in [-0.4, -0.2) is 26.7 Å². The summed E-state index contributed by atoms with van der Waals surface area (Å²) in [6.07, 6.45) is 1.24. The predicted molar refractivity (Wildman–Crippen MR) is 116 cm³/mol. The Morgan fingerprint density at radius 2 is 1.68 bits per heavy atom. The van der Waals surface area contributed by atoms with Crippen molar-refractivity contribution < 1.29 is 14.8 Å². The van der Waals surface area contributed by atoms with Gasteiger partial charge in [0.05, 0.1) is 22.2 Å². The molecule has 0 aliphatic rings. The minimum Gasteiger partial charge on any atom is -0.502 e. The molecule has 0 aliphatic heterocycles. The summed E-state index contributed by atoms with van der Waals surface area (Å²) in [5.41, 5.74) is 3.41. The molecule has 0 aliphatic carbocycles. The van der Waals surface area contributed by atoms with E-state index in [1.165, 1.54) is 18.3 Å². The molecule has 0 radical (unpaired) electrons. The lowest BCUT2D eigenvalue weighted by Crippen LogP contribution is -2.25. The molecule has 1 aromatic heterocycles. The number of para-hydroxylation sites is 2. The Bertz CT molecular complexity index is 1360. The first-order valence-corrected chi connectivity index (χ1v) is 9.25. The van der Waals surface area contributed by atoms with Crippen LogP contribution in [0.4, 0.5) is 5.69 Å². The SMILES string of the molecule is O=C(Cn1c2ccccc2c(=O)c2ccccc21)N/N=C/c1ccc(O)c([N+](=O)[O-])c1. The highest BCUT2D eigenvalue weighted by Crippen LogP contribution is 2.25. The zero-order chi connectivity index (χ0) is 22.0. The monoisotopic (exact) mass is 416 g/mol. The molecule has 31 heavy (non-hydrogen) atoms. The molecule has 0 fully saturated rings. The number of nitrogens with one attached hydrogen (secondary N) is 1. The summed E-state index contributed by atoms with van der Waals surface area (Å²) < 4.78 is 1.74. The molecule has 3 aromatic carbocycles. The molecular formula is C22H16N4O5. The molecule has 0 bridgehead atoms. The molecule has 0 saturated heterocycles. The lowest BCUT2D eigenvalue weighted by Gasteiger charge is -2.14. The minimum atomic E-state index is -0.711. The number of nitrogens with zero attached hydrogens (tertiary/aromatic N) is 3. The molecule has 1 amide bonds. The Kier molecular flexibility index (Phi) is 5.15. The summed E-state index contributed by atoms with van der Waals surface area (Å²) >= 11 is 0. The van der Waals surface area contributed by atoms with Gasteiger partial charge in [-0.25, -0.2) is 5.43 Å². The molecule has 9 heteroatoms. The Hall–Kier alpha value is -4.53. The first-order valence-electron chi connectivity index (χ1n) is 9.25. The van der Waals surface area contributed by atoms with Gasteiger partial charge in [-0.1, -0.05) is 24.3 Å². The van der Waals surface area contributed by atoms with Gasteiger partial charge in [0, 0.05) is 22.4 Å². The fourth-order valence-electron chi connectivity index (χ4n) is 3.37.